The topological polar surface area (TPSA) is 62.1 Å². The van der Waals surface area contributed by atoms with Gasteiger partial charge in [-0.2, -0.15) is 5.26 Å². The number of benzene rings is 2. The van der Waals surface area contributed by atoms with E-state index in [1.165, 1.54) is 0 Å². The van der Waals surface area contributed by atoms with Gasteiger partial charge in [-0.1, -0.05) is 11.6 Å². The van der Waals surface area contributed by atoms with Gasteiger partial charge in [-0.3, -0.25) is 4.79 Å². The summed E-state index contributed by atoms with van der Waals surface area (Å²) in [5.41, 5.74) is 2.25. The van der Waals surface area contributed by atoms with E-state index in [1.807, 2.05) is 6.07 Å². The van der Waals surface area contributed by atoms with Gasteiger partial charge in [0.05, 0.1) is 5.56 Å². The van der Waals surface area contributed by atoms with E-state index in [-0.39, 0.29) is 5.91 Å². The number of carbonyl (C=O) groups excluding carboxylic acids is 1. The molecule has 1 heterocycles. The zero-order valence-corrected chi connectivity index (χ0v) is 11.8. The number of nitrogens with zero attached hydrogens (tertiary/aromatic N) is 1. The molecule has 5 heteroatoms. The first kappa shape index (κ1) is 13.5. The third-order valence-corrected chi connectivity index (χ3v) is 3.50. The number of hydrogen-bond donors (Lipinski definition) is 1. The summed E-state index contributed by atoms with van der Waals surface area (Å²) < 4.78 is 5.75. The normalized spacial score (nSPS) is 13.0. The zero-order valence-electron chi connectivity index (χ0n) is 11.0. The minimum atomic E-state index is 0.0257. The van der Waals surface area contributed by atoms with Crippen molar-refractivity contribution in [1.29, 1.82) is 5.26 Å². The van der Waals surface area contributed by atoms with E-state index in [4.69, 9.17) is 21.6 Å². The molecule has 2 aromatic rings. The van der Waals surface area contributed by atoms with Gasteiger partial charge in [-0.15, -0.1) is 0 Å². The van der Waals surface area contributed by atoms with Crippen LogP contribution in [-0.4, -0.2) is 5.91 Å². The Hall–Kier alpha value is -2.51. The Morgan fingerprint density at radius 3 is 2.86 bits per heavy atom. The average molecular weight is 299 g/mol. The van der Waals surface area contributed by atoms with Crippen molar-refractivity contribution in [3.63, 3.8) is 0 Å². The predicted octanol–water partition coefficient (Wildman–Crippen LogP) is 3.89. The summed E-state index contributed by atoms with van der Waals surface area (Å²) >= 11 is 5.93. The fourth-order valence-electron chi connectivity index (χ4n) is 2.22. The van der Waals surface area contributed by atoms with Crippen LogP contribution in [0.15, 0.2) is 36.4 Å². The van der Waals surface area contributed by atoms with E-state index in [0.717, 1.165) is 11.3 Å². The van der Waals surface area contributed by atoms with Crippen LogP contribution < -0.4 is 10.1 Å². The van der Waals surface area contributed by atoms with Crippen LogP contribution in [0.4, 0.5) is 5.69 Å². The SMILES string of the molecule is N#Cc1ccc(Cl)cc1Oc1ccc2c(c1)CCC(=O)N2. The van der Waals surface area contributed by atoms with Crippen molar-refractivity contribution in [2.24, 2.45) is 0 Å². The monoisotopic (exact) mass is 298 g/mol. The van der Waals surface area contributed by atoms with Gasteiger partial charge >= 0.3 is 0 Å². The molecule has 0 aliphatic carbocycles. The highest BCUT2D eigenvalue weighted by atomic mass is 35.5. The maximum atomic E-state index is 11.3. The molecule has 0 fully saturated rings. The molecule has 1 aliphatic heterocycles. The molecular weight excluding hydrogens is 288 g/mol. The molecule has 0 radical (unpaired) electrons. The lowest BCUT2D eigenvalue weighted by Crippen LogP contribution is -2.18. The number of nitrogens with one attached hydrogen (secondary N) is 1. The van der Waals surface area contributed by atoms with Gasteiger partial charge in [-0.25, -0.2) is 0 Å². The molecule has 1 amide bonds. The Labute approximate surface area is 126 Å². The summed E-state index contributed by atoms with van der Waals surface area (Å²) in [7, 11) is 0. The van der Waals surface area contributed by atoms with Crippen molar-refractivity contribution >= 4 is 23.2 Å². The largest absolute Gasteiger partial charge is 0.456 e. The average Bonchev–Trinajstić information content (AvgIpc) is 2.48. The van der Waals surface area contributed by atoms with Crippen LogP contribution in [-0.2, 0) is 11.2 Å². The maximum absolute atomic E-state index is 11.3. The van der Waals surface area contributed by atoms with Crippen molar-refractivity contribution in [1.82, 2.24) is 0 Å². The lowest BCUT2D eigenvalue weighted by molar-refractivity contribution is -0.116. The summed E-state index contributed by atoms with van der Waals surface area (Å²) in [4.78, 5) is 11.3. The standard InChI is InChI=1S/C16H11ClN2O2/c17-12-3-1-11(9-18)15(8-12)21-13-4-5-14-10(7-13)2-6-16(20)19-14/h1,3-5,7-8H,2,6H2,(H,19,20). The van der Waals surface area contributed by atoms with E-state index in [1.54, 1.807) is 30.3 Å². The molecule has 0 bridgehead atoms. The number of rotatable bonds is 2. The highest BCUT2D eigenvalue weighted by Gasteiger charge is 2.15. The van der Waals surface area contributed by atoms with Crippen molar-refractivity contribution < 1.29 is 9.53 Å². The quantitative estimate of drug-likeness (QED) is 0.915. The number of nitriles is 1. The highest BCUT2D eigenvalue weighted by Crippen LogP contribution is 2.32. The molecule has 1 aliphatic rings. The first-order valence-electron chi connectivity index (χ1n) is 6.46. The van der Waals surface area contributed by atoms with Crippen molar-refractivity contribution in [2.45, 2.75) is 12.8 Å². The van der Waals surface area contributed by atoms with Gasteiger partial charge < -0.3 is 10.1 Å². The summed E-state index contributed by atoms with van der Waals surface area (Å²) in [5.74, 6) is 1.06. The van der Waals surface area contributed by atoms with Crippen LogP contribution in [0.5, 0.6) is 11.5 Å². The molecule has 0 unspecified atom stereocenters. The number of anilines is 1. The second-order valence-electron chi connectivity index (χ2n) is 4.72. The van der Waals surface area contributed by atoms with Crippen molar-refractivity contribution in [3.05, 3.63) is 52.5 Å². The first-order valence-corrected chi connectivity index (χ1v) is 6.84. The predicted molar refractivity (Wildman–Crippen MR) is 79.6 cm³/mol. The first-order chi connectivity index (χ1) is 10.2. The smallest absolute Gasteiger partial charge is 0.224 e. The number of hydrogen-bond acceptors (Lipinski definition) is 3. The number of amides is 1. The zero-order chi connectivity index (χ0) is 14.8. The molecule has 0 atom stereocenters. The molecule has 0 saturated carbocycles. The lowest BCUT2D eigenvalue weighted by atomic mass is 10.0. The molecule has 0 saturated heterocycles. The number of ether oxygens (including phenoxy) is 1. The molecule has 21 heavy (non-hydrogen) atoms. The second-order valence-corrected chi connectivity index (χ2v) is 5.16. The van der Waals surface area contributed by atoms with E-state index >= 15 is 0 Å². The summed E-state index contributed by atoms with van der Waals surface area (Å²) in [6.45, 7) is 0. The van der Waals surface area contributed by atoms with Crippen LogP contribution in [0.2, 0.25) is 5.02 Å². The van der Waals surface area contributed by atoms with Crippen LogP contribution in [0, 0.1) is 11.3 Å². The van der Waals surface area contributed by atoms with E-state index in [2.05, 4.69) is 11.4 Å². The number of carbonyl (C=O) groups is 1. The number of halogens is 1. The molecule has 0 aromatic heterocycles. The lowest BCUT2D eigenvalue weighted by Gasteiger charge is -2.17. The Morgan fingerprint density at radius 1 is 1.19 bits per heavy atom. The molecule has 0 spiro atoms. The summed E-state index contributed by atoms with van der Waals surface area (Å²) in [6.07, 6.45) is 1.15. The van der Waals surface area contributed by atoms with Crippen LogP contribution >= 0.6 is 11.6 Å². The van der Waals surface area contributed by atoms with E-state index in [9.17, 15) is 4.79 Å². The number of fused-ring (bicyclic) bond motifs is 1. The third-order valence-electron chi connectivity index (χ3n) is 3.26. The Bertz CT molecular complexity index is 765. The van der Waals surface area contributed by atoms with E-state index < -0.39 is 0 Å². The van der Waals surface area contributed by atoms with Gasteiger partial charge in [0.15, 0.2) is 0 Å². The molecule has 4 nitrogen and oxygen atoms in total. The fraction of sp³-hybridized carbons (Fsp3) is 0.125. The second kappa shape index (κ2) is 5.47. The van der Waals surface area contributed by atoms with Crippen LogP contribution in [0.1, 0.15) is 17.5 Å². The van der Waals surface area contributed by atoms with Gasteiger partial charge in [-0.05, 0) is 42.3 Å². The minimum absolute atomic E-state index is 0.0257. The van der Waals surface area contributed by atoms with Gasteiger partial charge in [0.25, 0.3) is 0 Å². The minimum Gasteiger partial charge on any atom is -0.456 e. The number of aryl methyl sites for hydroxylation is 1. The molecular formula is C16H11ClN2O2. The Morgan fingerprint density at radius 2 is 2.05 bits per heavy atom. The Balaban J connectivity index is 1.91. The maximum Gasteiger partial charge on any atom is 0.224 e. The molecule has 1 N–H and O–H groups in total. The Kier molecular flexibility index (Phi) is 3.51. The van der Waals surface area contributed by atoms with Crippen molar-refractivity contribution in [2.75, 3.05) is 5.32 Å². The molecule has 3 rings (SSSR count). The molecule has 2 aromatic carbocycles. The van der Waals surface area contributed by atoms with Gasteiger partial charge in [0.2, 0.25) is 5.91 Å². The third kappa shape index (κ3) is 2.83. The van der Waals surface area contributed by atoms with Gasteiger partial charge in [0.1, 0.15) is 17.6 Å². The summed E-state index contributed by atoms with van der Waals surface area (Å²) in [5, 5.41) is 12.4. The van der Waals surface area contributed by atoms with Gasteiger partial charge in [0, 0.05) is 23.2 Å². The molecule has 104 valence electrons. The highest BCUT2D eigenvalue weighted by molar-refractivity contribution is 6.30. The van der Waals surface area contributed by atoms with Crippen LogP contribution in [0.25, 0.3) is 0 Å². The summed E-state index contributed by atoms with van der Waals surface area (Å²) in [6, 6.07) is 12.4. The van der Waals surface area contributed by atoms with Crippen LogP contribution in [0.3, 0.4) is 0 Å². The van der Waals surface area contributed by atoms with Crippen molar-refractivity contribution in [3.8, 4) is 17.6 Å². The fourth-order valence-corrected chi connectivity index (χ4v) is 2.39. The van der Waals surface area contributed by atoms with E-state index in [0.29, 0.717) is 34.9 Å².